The zero-order valence-corrected chi connectivity index (χ0v) is 21.1. The highest BCUT2D eigenvalue weighted by atomic mass is 16.4. The van der Waals surface area contributed by atoms with Gasteiger partial charge in [-0.05, 0) is 30.6 Å². The van der Waals surface area contributed by atoms with Crippen molar-refractivity contribution in [3.8, 4) is 0 Å². The molecule has 0 fully saturated rings. The lowest BCUT2D eigenvalue weighted by molar-refractivity contribution is -0.144. The topological polar surface area (TPSA) is 188 Å². The summed E-state index contributed by atoms with van der Waals surface area (Å²) < 4.78 is 0. The molecule has 0 saturated heterocycles. The molecular weight excluding hydrogens is 444 g/mol. The molecule has 0 aromatic carbocycles. The van der Waals surface area contributed by atoms with Crippen LogP contribution in [0.15, 0.2) is 0 Å². The van der Waals surface area contributed by atoms with Crippen LogP contribution in [0.3, 0.4) is 0 Å². The minimum absolute atomic E-state index is 0.0196. The molecule has 0 bridgehead atoms. The predicted octanol–water partition coefficient (Wildman–Crippen LogP) is 0.856. The summed E-state index contributed by atoms with van der Waals surface area (Å²) in [5.41, 5.74) is 5.94. The minimum Gasteiger partial charge on any atom is -0.481 e. The van der Waals surface area contributed by atoms with E-state index < -0.39 is 53.8 Å². The SMILES string of the molecule is CCC(C)C(N)C(=O)NC(CCC(=O)O)C(=O)NC(CC(C)C)C(=O)NC(C(=O)O)C(C)CC. The summed E-state index contributed by atoms with van der Waals surface area (Å²) in [6.07, 6.45) is 0.806. The molecule has 196 valence electrons. The van der Waals surface area contributed by atoms with E-state index in [4.69, 9.17) is 10.8 Å². The number of aliphatic carboxylic acids is 2. The minimum atomic E-state index is -1.22. The summed E-state index contributed by atoms with van der Waals surface area (Å²) >= 11 is 0. The average Bonchev–Trinajstić information content (AvgIpc) is 2.76. The van der Waals surface area contributed by atoms with Crippen molar-refractivity contribution in [1.29, 1.82) is 0 Å². The lowest BCUT2D eigenvalue weighted by Crippen LogP contribution is -2.58. The Morgan fingerprint density at radius 2 is 1.26 bits per heavy atom. The van der Waals surface area contributed by atoms with Crippen molar-refractivity contribution in [2.45, 2.75) is 97.8 Å². The van der Waals surface area contributed by atoms with Crippen LogP contribution in [0.25, 0.3) is 0 Å². The Morgan fingerprint density at radius 3 is 1.71 bits per heavy atom. The van der Waals surface area contributed by atoms with Gasteiger partial charge in [0.15, 0.2) is 0 Å². The summed E-state index contributed by atoms with van der Waals surface area (Å²) in [4.78, 5) is 61.1. The summed E-state index contributed by atoms with van der Waals surface area (Å²) in [5, 5.41) is 26.1. The van der Waals surface area contributed by atoms with Gasteiger partial charge in [-0.25, -0.2) is 4.79 Å². The van der Waals surface area contributed by atoms with Crippen molar-refractivity contribution >= 4 is 29.7 Å². The average molecular weight is 487 g/mol. The molecule has 0 aliphatic rings. The molecule has 6 atom stereocenters. The maximum absolute atomic E-state index is 13.0. The fraction of sp³-hybridized carbons (Fsp3) is 0.783. The molecule has 0 heterocycles. The second kappa shape index (κ2) is 15.3. The monoisotopic (exact) mass is 486 g/mol. The molecule has 0 rings (SSSR count). The van der Waals surface area contributed by atoms with E-state index in [0.29, 0.717) is 12.8 Å². The van der Waals surface area contributed by atoms with Gasteiger partial charge in [-0.2, -0.15) is 0 Å². The third kappa shape index (κ3) is 11.0. The Bertz CT molecular complexity index is 713. The van der Waals surface area contributed by atoms with Gasteiger partial charge in [-0.3, -0.25) is 19.2 Å². The number of carboxylic acids is 2. The highest BCUT2D eigenvalue weighted by molar-refractivity contribution is 5.94. The van der Waals surface area contributed by atoms with Crippen LogP contribution >= 0.6 is 0 Å². The third-order valence-electron chi connectivity index (χ3n) is 5.96. The van der Waals surface area contributed by atoms with Gasteiger partial charge in [0, 0.05) is 6.42 Å². The second-order valence-corrected chi connectivity index (χ2v) is 9.31. The largest absolute Gasteiger partial charge is 0.481 e. The van der Waals surface area contributed by atoms with Crippen LogP contribution in [0.4, 0.5) is 0 Å². The molecule has 0 aromatic rings. The van der Waals surface area contributed by atoms with Gasteiger partial charge >= 0.3 is 11.9 Å². The van der Waals surface area contributed by atoms with Gasteiger partial charge < -0.3 is 31.9 Å². The highest BCUT2D eigenvalue weighted by Crippen LogP contribution is 2.12. The predicted molar refractivity (Wildman–Crippen MR) is 127 cm³/mol. The number of rotatable bonds is 16. The van der Waals surface area contributed by atoms with E-state index in [1.165, 1.54) is 0 Å². The number of hydrogen-bond acceptors (Lipinski definition) is 6. The van der Waals surface area contributed by atoms with Crippen molar-refractivity contribution in [3.05, 3.63) is 0 Å². The molecule has 0 radical (unpaired) electrons. The van der Waals surface area contributed by atoms with Crippen molar-refractivity contribution < 1.29 is 34.2 Å². The normalized spacial score (nSPS) is 16.5. The maximum Gasteiger partial charge on any atom is 0.326 e. The first kappa shape index (κ1) is 31.3. The van der Waals surface area contributed by atoms with Crippen LogP contribution in [0.5, 0.6) is 0 Å². The fourth-order valence-electron chi connectivity index (χ4n) is 3.23. The van der Waals surface area contributed by atoms with Crippen molar-refractivity contribution in [2.75, 3.05) is 0 Å². The fourth-order valence-corrected chi connectivity index (χ4v) is 3.23. The van der Waals surface area contributed by atoms with Crippen LogP contribution in [0.1, 0.15) is 73.6 Å². The molecule has 0 aromatic heterocycles. The van der Waals surface area contributed by atoms with Gasteiger partial charge in [0.2, 0.25) is 17.7 Å². The molecule has 11 heteroatoms. The molecule has 6 unspecified atom stereocenters. The van der Waals surface area contributed by atoms with E-state index in [-0.39, 0.29) is 37.0 Å². The lowest BCUT2D eigenvalue weighted by atomic mass is 9.97. The highest BCUT2D eigenvalue weighted by Gasteiger charge is 2.32. The zero-order valence-electron chi connectivity index (χ0n) is 21.1. The first-order valence-electron chi connectivity index (χ1n) is 11.9. The number of amides is 3. The van der Waals surface area contributed by atoms with E-state index in [0.717, 1.165) is 0 Å². The van der Waals surface area contributed by atoms with Crippen molar-refractivity contribution in [1.82, 2.24) is 16.0 Å². The van der Waals surface area contributed by atoms with E-state index in [2.05, 4.69) is 16.0 Å². The summed E-state index contributed by atoms with van der Waals surface area (Å²) in [6.45, 7) is 10.8. The maximum atomic E-state index is 13.0. The number of hydrogen-bond donors (Lipinski definition) is 6. The van der Waals surface area contributed by atoms with E-state index in [1.807, 2.05) is 20.8 Å². The standard InChI is InChI=1S/C23H42N4O7/c1-7-13(5)18(24)22(32)25-15(9-10-17(28)29)20(30)26-16(11-12(3)4)21(31)27-19(23(33)34)14(6)8-2/h12-16,18-19H,7-11,24H2,1-6H3,(H,25,32)(H,26,30)(H,27,31)(H,28,29)(H,33,34). The first-order chi connectivity index (χ1) is 15.7. The van der Waals surface area contributed by atoms with Crippen LogP contribution in [-0.2, 0) is 24.0 Å². The van der Waals surface area contributed by atoms with Gasteiger partial charge in [-0.15, -0.1) is 0 Å². The van der Waals surface area contributed by atoms with Crippen LogP contribution in [0, 0.1) is 17.8 Å². The van der Waals surface area contributed by atoms with E-state index in [1.54, 1.807) is 20.8 Å². The Labute approximate surface area is 201 Å². The zero-order chi connectivity index (χ0) is 26.6. The molecule has 7 N–H and O–H groups in total. The first-order valence-corrected chi connectivity index (χ1v) is 11.9. The number of carboxylic acid groups (broad SMARTS) is 2. The Balaban J connectivity index is 5.65. The van der Waals surface area contributed by atoms with Gasteiger partial charge in [0.05, 0.1) is 6.04 Å². The number of nitrogens with two attached hydrogens (primary N) is 1. The van der Waals surface area contributed by atoms with Crippen molar-refractivity contribution in [3.63, 3.8) is 0 Å². The Hall–Kier alpha value is -2.69. The Kier molecular flexibility index (Phi) is 14.1. The summed E-state index contributed by atoms with van der Waals surface area (Å²) in [6, 6.07) is -4.29. The molecule has 3 amide bonds. The van der Waals surface area contributed by atoms with Gasteiger partial charge in [0.25, 0.3) is 0 Å². The van der Waals surface area contributed by atoms with Crippen LogP contribution in [-0.4, -0.2) is 64.0 Å². The van der Waals surface area contributed by atoms with Crippen LogP contribution < -0.4 is 21.7 Å². The van der Waals surface area contributed by atoms with E-state index in [9.17, 15) is 29.1 Å². The summed E-state index contributed by atoms with van der Waals surface area (Å²) in [7, 11) is 0. The molecule has 0 saturated carbocycles. The number of carbonyl (C=O) groups is 5. The molecule has 0 spiro atoms. The number of nitrogens with one attached hydrogen (secondary N) is 3. The Morgan fingerprint density at radius 1 is 0.765 bits per heavy atom. The number of carbonyl (C=O) groups excluding carboxylic acids is 3. The molecular formula is C23H42N4O7. The quantitative estimate of drug-likeness (QED) is 0.185. The van der Waals surface area contributed by atoms with Crippen molar-refractivity contribution in [2.24, 2.45) is 23.5 Å². The molecule has 0 aliphatic heterocycles. The van der Waals surface area contributed by atoms with Gasteiger partial charge in [0.1, 0.15) is 18.1 Å². The third-order valence-corrected chi connectivity index (χ3v) is 5.96. The second-order valence-electron chi connectivity index (χ2n) is 9.31. The van der Waals surface area contributed by atoms with Crippen LogP contribution in [0.2, 0.25) is 0 Å². The lowest BCUT2D eigenvalue weighted by Gasteiger charge is -2.27. The summed E-state index contributed by atoms with van der Waals surface area (Å²) in [5.74, 6) is -4.81. The van der Waals surface area contributed by atoms with Gasteiger partial charge in [-0.1, -0.05) is 54.4 Å². The molecule has 0 aliphatic carbocycles. The molecule has 34 heavy (non-hydrogen) atoms. The smallest absolute Gasteiger partial charge is 0.326 e. The van der Waals surface area contributed by atoms with E-state index >= 15 is 0 Å². The molecule has 11 nitrogen and oxygen atoms in total.